The molecule has 1 heterocycles. The van der Waals surface area contributed by atoms with Gasteiger partial charge in [-0.25, -0.2) is 0 Å². The van der Waals surface area contributed by atoms with Crippen molar-refractivity contribution in [2.45, 2.75) is 12.0 Å². The summed E-state index contributed by atoms with van der Waals surface area (Å²) in [4.78, 5) is 0. The first-order valence-corrected chi connectivity index (χ1v) is 9.55. The molecule has 3 aromatic rings. The quantitative estimate of drug-likeness (QED) is 0.364. The van der Waals surface area contributed by atoms with E-state index in [0.717, 1.165) is 15.8 Å². The van der Waals surface area contributed by atoms with Crippen LogP contribution in [0.1, 0.15) is 28.7 Å². The number of aromatic hydroxyl groups is 1. The highest BCUT2D eigenvalue weighted by molar-refractivity contribution is 9.13. The van der Waals surface area contributed by atoms with E-state index >= 15 is 0 Å². The normalized spacial score (nSPS) is 20.5. The van der Waals surface area contributed by atoms with Crippen LogP contribution in [0.15, 0.2) is 49.8 Å². The molecule has 0 spiro atoms. The van der Waals surface area contributed by atoms with Crippen LogP contribution >= 0.6 is 47.8 Å². The Balaban J connectivity index is 1.88. The smallest absolute Gasteiger partial charge is 0.145 e. The van der Waals surface area contributed by atoms with Gasteiger partial charge in [-0.05, 0) is 64.1 Å². The van der Waals surface area contributed by atoms with Gasteiger partial charge < -0.3 is 9.84 Å². The summed E-state index contributed by atoms with van der Waals surface area (Å²) in [5, 5.41) is 12.9. The van der Waals surface area contributed by atoms with Gasteiger partial charge in [-0.2, -0.15) is 0 Å². The Hall–Kier alpha value is -1.04. The van der Waals surface area contributed by atoms with Crippen molar-refractivity contribution < 1.29 is 9.84 Å². The number of hydrogen-bond acceptors (Lipinski definition) is 2. The van der Waals surface area contributed by atoms with Crippen LogP contribution in [0.25, 0.3) is 10.8 Å². The van der Waals surface area contributed by atoms with E-state index in [0.29, 0.717) is 8.95 Å². The molecule has 5 rings (SSSR count). The number of fused-ring (bicyclic) bond motifs is 5. The lowest BCUT2D eigenvalue weighted by Gasteiger charge is -2.13. The summed E-state index contributed by atoms with van der Waals surface area (Å²) in [6.07, 6.45) is -0.0487. The standard InChI is InChI=1S/C18H9Br3O2/c19-13-12-11-8-5-1-3-7-4-2-6-9(10(7)8)17(11)23-18(12)15(21)14(20)16(13)22/h1-6,11,17,22H/t11-,17-/m0/s1. The van der Waals surface area contributed by atoms with Gasteiger partial charge in [0.25, 0.3) is 0 Å². The second-order valence-electron chi connectivity index (χ2n) is 5.84. The van der Waals surface area contributed by atoms with Crippen molar-refractivity contribution in [1.29, 1.82) is 0 Å². The van der Waals surface area contributed by atoms with Gasteiger partial charge in [0.05, 0.1) is 19.3 Å². The first-order chi connectivity index (χ1) is 11.1. The molecule has 0 fully saturated rings. The van der Waals surface area contributed by atoms with Gasteiger partial charge >= 0.3 is 0 Å². The molecule has 114 valence electrons. The summed E-state index contributed by atoms with van der Waals surface area (Å²) in [7, 11) is 0. The van der Waals surface area contributed by atoms with Gasteiger partial charge in [-0.3, -0.25) is 0 Å². The molecule has 1 aliphatic carbocycles. The number of phenols is 1. The third-order valence-electron chi connectivity index (χ3n) is 4.76. The lowest BCUT2D eigenvalue weighted by molar-refractivity contribution is 0.229. The molecule has 2 atom stereocenters. The van der Waals surface area contributed by atoms with Crippen LogP contribution in [0, 0.1) is 0 Å². The lowest BCUT2D eigenvalue weighted by Crippen LogP contribution is -2.04. The molecule has 0 radical (unpaired) electrons. The maximum atomic E-state index is 10.4. The molecule has 5 heteroatoms. The van der Waals surface area contributed by atoms with Crippen molar-refractivity contribution in [3.8, 4) is 11.5 Å². The van der Waals surface area contributed by atoms with Crippen LogP contribution in [-0.2, 0) is 0 Å². The van der Waals surface area contributed by atoms with Crippen LogP contribution in [0.5, 0.6) is 11.5 Å². The molecule has 2 nitrogen and oxygen atoms in total. The summed E-state index contributed by atoms with van der Waals surface area (Å²) in [6, 6.07) is 12.7. The van der Waals surface area contributed by atoms with E-state index in [4.69, 9.17) is 4.74 Å². The maximum absolute atomic E-state index is 10.4. The van der Waals surface area contributed by atoms with Crippen molar-refractivity contribution in [3.05, 3.63) is 66.5 Å². The van der Waals surface area contributed by atoms with Crippen molar-refractivity contribution in [3.63, 3.8) is 0 Å². The predicted molar refractivity (Wildman–Crippen MR) is 100 cm³/mol. The van der Waals surface area contributed by atoms with Gasteiger partial charge in [-0.1, -0.05) is 36.4 Å². The van der Waals surface area contributed by atoms with Crippen LogP contribution in [0.4, 0.5) is 0 Å². The fourth-order valence-electron chi connectivity index (χ4n) is 3.84. The topological polar surface area (TPSA) is 29.5 Å². The molecular formula is C18H9Br3O2. The van der Waals surface area contributed by atoms with Crippen molar-refractivity contribution in [2.75, 3.05) is 0 Å². The van der Waals surface area contributed by atoms with Gasteiger partial charge in [0.1, 0.15) is 17.6 Å². The lowest BCUT2D eigenvalue weighted by atomic mass is 9.92. The number of hydrogen-bond donors (Lipinski definition) is 1. The van der Waals surface area contributed by atoms with Crippen LogP contribution in [-0.4, -0.2) is 5.11 Å². The monoisotopic (exact) mass is 494 g/mol. The van der Waals surface area contributed by atoms with E-state index in [1.165, 1.54) is 21.9 Å². The molecule has 3 aromatic carbocycles. The third-order valence-corrected chi connectivity index (χ3v) is 7.62. The van der Waals surface area contributed by atoms with E-state index < -0.39 is 0 Å². The van der Waals surface area contributed by atoms with E-state index in [1.807, 2.05) is 0 Å². The first kappa shape index (κ1) is 14.3. The molecule has 2 aliphatic rings. The Labute approximate surface area is 157 Å². The third kappa shape index (κ3) is 1.68. The number of halogens is 3. The fraction of sp³-hybridized carbons (Fsp3) is 0.111. The Morgan fingerprint density at radius 1 is 0.870 bits per heavy atom. The molecule has 0 saturated carbocycles. The summed E-state index contributed by atoms with van der Waals surface area (Å²) in [6.45, 7) is 0. The second-order valence-corrected chi connectivity index (χ2v) is 8.22. The van der Waals surface area contributed by atoms with E-state index in [2.05, 4.69) is 84.2 Å². The molecule has 23 heavy (non-hydrogen) atoms. The molecule has 0 bridgehead atoms. The molecule has 0 saturated heterocycles. The second kappa shape index (κ2) is 4.74. The minimum absolute atomic E-state index is 0.0487. The summed E-state index contributed by atoms with van der Waals surface area (Å²) in [5.41, 5.74) is 3.48. The molecule has 1 aliphatic heterocycles. The highest BCUT2D eigenvalue weighted by Gasteiger charge is 2.46. The largest absolute Gasteiger partial charge is 0.506 e. The van der Waals surface area contributed by atoms with Crippen molar-refractivity contribution in [2.24, 2.45) is 0 Å². The Kier molecular flexibility index (Phi) is 2.95. The molecule has 0 amide bonds. The van der Waals surface area contributed by atoms with E-state index in [1.54, 1.807) is 0 Å². The summed E-state index contributed by atoms with van der Waals surface area (Å²) >= 11 is 10.5. The zero-order chi connectivity index (χ0) is 15.9. The zero-order valence-electron chi connectivity index (χ0n) is 11.6. The molecule has 0 aromatic heterocycles. The maximum Gasteiger partial charge on any atom is 0.145 e. The summed E-state index contributed by atoms with van der Waals surface area (Å²) in [5.74, 6) is 1.09. The minimum Gasteiger partial charge on any atom is -0.506 e. The van der Waals surface area contributed by atoms with Crippen molar-refractivity contribution >= 4 is 58.6 Å². The van der Waals surface area contributed by atoms with Gasteiger partial charge in [0.15, 0.2) is 0 Å². The number of benzene rings is 3. The van der Waals surface area contributed by atoms with Crippen LogP contribution < -0.4 is 4.74 Å². The number of ether oxygens (including phenoxy) is 1. The van der Waals surface area contributed by atoms with Crippen LogP contribution in [0.2, 0.25) is 0 Å². The Bertz CT molecular complexity index is 1010. The summed E-state index contributed by atoms with van der Waals surface area (Å²) < 4.78 is 8.39. The SMILES string of the molecule is Oc1c(Br)c(Br)c2c(c1Br)[C@@H]1c3cccc4cccc(c34)[C@@H]1O2. The highest BCUT2D eigenvalue weighted by Crippen LogP contribution is 2.62. The van der Waals surface area contributed by atoms with Gasteiger partial charge in [0, 0.05) is 11.1 Å². The van der Waals surface area contributed by atoms with Crippen molar-refractivity contribution in [1.82, 2.24) is 0 Å². The highest BCUT2D eigenvalue weighted by atomic mass is 79.9. The van der Waals surface area contributed by atoms with Crippen LogP contribution in [0.3, 0.4) is 0 Å². The minimum atomic E-state index is -0.0487. The molecular weight excluding hydrogens is 488 g/mol. The van der Waals surface area contributed by atoms with Gasteiger partial charge in [0.2, 0.25) is 0 Å². The molecule has 0 unspecified atom stereocenters. The average molecular weight is 497 g/mol. The Morgan fingerprint density at radius 2 is 1.57 bits per heavy atom. The zero-order valence-corrected chi connectivity index (χ0v) is 16.4. The van der Waals surface area contributed by atoms with E-state index in [9.17, 15) is 5.11 Å². The fourth-order valence-corrected chi connectivity index (χ4v) is 5.61. The first-order valence-electron chi connectivity index (χ1n) is 7.17. The predicted octanol–water partition coefficient (Wildman–Crippen LogP) is 6.41. The van der Waals surface area contributed by atoms with E-state index in [-0.39, 0.29) is 17.8 Å². The molecule has 1 N–H and O–H groups in total. The number of phenolic OH excluding ortho intramolecular Hbond substituents is 1. The van der Waals surface area contributed by atoms with Gasteiger partial charge in [-0.15, -0.1) is 0 Å². The average Bonchev–Trinajstić information content (AvgIpc) is 3.10. The Morgan fingerprint density at radius 3 is 2.30 bits per heavy atom. The number of rotatable bonds is 0.